The Bertz CT molecular complexity index is 1160. The molecule has 34 heavy (non-hydrogen) atoms. The summed E-state index contributed by atoms with van der Waals surface area (Å²) in [6.07, 6.45) is 0. The second-order valence-corrected chi connectivity index (χ2v) is 11.3. The van der Waals surface area contributed by atoms with E-state index in [1.807, 2.05) is 41.9 Å². The van der Waals surface area contributed by atoms with E-state index in [4.69, 9.17) is 9.94 Å². The lowest BCUT2D eigenvalue weighted by molar-refractivity contribution is -0.132. The minimum absolute atomic E-state index is 0.0627. The quantitative estimate of drug-likeness (QED) is 0.495. The normalized spacial score (nSPS) is 16.3. The minimum atomic E-state index is -0.380. The highest BCUT2D eigenvalue weighted by Crippen LogP contribution is 2.49. The first-order valence-corrected chi connectivity index (χ1v) is 13.2. The molecule has 0 saturated heterocycles. The number of aromatic nitrogens is 2. The molecule has 3 heterocycles. The Hall–Kier alpha value is -2.62. The Balaban J connectivity index is 1.97. The van der Waals surface area contributed by atoms with Crippen LogP contribution in [0.25, 0.3) is 5.69 Å². The number of carbonyl (C=O) groups is 2. The monoisotopic (exact) mass is 498 g/mol. The number of anilines is 1. The summed E-state index contributed by atoms with van der Waals surface area (Å²) in [5.74, 6) is 0.394. The van der Waals surface area contributed by atoms with E-state index in [-0.39, 0.29) is 34.8 Å². The first kappa shape index (κ1) is 24.5. The SMILES string of the molecule is CCONC(=O)CN1C(=O)CSC(c2cccs2)c2c(C(C)(C)C)nn(-c3ccc(C)cc3)c21. The topological polar surface area (TPSA) is 76.5 Å². The standard InChI is InChI=1S/C25H30N4O3S2/c1-6-32-27-19(30)14-28-20(31)15-34-22(18-8-7-13-33-18)21-23(25(3,4)5)26-29(24(21)28)17-11-9-16(2)10-12-17/h7-13,22H,6,14-15H2,1-5H3,(H,27,30). The summed E-state index contributed by atoms with van der Waals surface area (Å²) >= 11 is 3.25. The molecule has 0 spiro atoms. The van der Waals surface area contributed by atoms with Gasteiger partial charge in [-0.05, 0) is 37.4 Å². The lowest BCUT2D eigenvalue weighted by atomic mass is 9.88. The number of hydrogen-bond donors (Lipinski definition) is 1. The van der Waals surface area contributed by atoms with E-state index in [1.165, 1.54) is 0 Å². The second-order valence-electron chi connectivity index (χ2n) is 9.23. The molecule has 0 saturated carbocycles. The highest BCUT2D eigenvalue weighted by Gasteiger charge is 2.40. The molecule has 0 radical (unpaired) electrons. The Morgan fingerprint density at radius 1 is 1.24 bits per heavy atom. The van der Waals surface area contributed by atoms with Crippen LogP contribution in [-0.4, -0.2) is 40.5 Å². The van der Waals surface area contributed by atoms with E-state index in [9.17, 15) is 9.59 Å². The molecule has 1 aliphatic heterocycles. The number of hydrogen-bond acceptors (Lipinski definition) is 6. The zero-order valence-electron chi connectivity index (χ0n) is 20.1. The van der Waals surface area contributed by atoms with Gasteiger partial charge in [0.2, 0.25) is 5.91 Å². The lowest BCUT2D eigenvalue weighted by Crippen LogP contribution is -2.42. The molecule has 180 valence electrons. The number of thiophene rings is 1. The summed E-state index contributed by atoms with van der Waals surface area (Å²) in [5.41, 5.74) is 6.03. The largest absolute Gasteiger partial charge is 0.286 e. The zero-order chi connectivity index (χ0) is 24.5. The van der Waals surface area contributed by atoms with Crippen molar-refractivity contribution in [3.8, 4) is 5.69 Å². The summed E-state index contributed by atoms with van der Waals surface area (Å²) in [7, 11) is 0. The molecule has 2 aromatic heterocycles. The molecule has 4 rings (SSSR count). The van der Waals surface area contributed by atoms with Crippen LogP contribution < -0.4 is 10.4 Å². The third-order valence-corrected chi connectivity index (χ3v) is 7.83. The van der Waals surface area contributed by atoms with Gasteiger partial charge in [-0.3, -0.25) is 19.3 Å². The number of rotatable bonds is 6. The van der Waals surface area contributed by atoms with Crippen molar-refractivity contribution in [2.24, 2.45) is 0 Å². The van der Waals surface area contributed by atoms with E-state index >= 15 is 0 Å². The molecule has 1 unspecified atom stereocenters. The number of fused-ring (bicyclic) bond motifs is 1. The van der Waals surface area contributed by atoms with E-state index in [2.05, 4.69) is 37.7 Å². The van der Waals surface area contributed by atoms with Gasteiger partial charge in [-0.2, -0.15) is 5.10 Å². The van der Waals surface area contributed by atoms with Crippen molar-refractivity contribution in [3.05, 3.63) is 63.5 Å². The number of benzene rings is 1. The van der Waals surface area contributed by atoms with Gasteiger partial charge in [-0.1, -0.05) is 44.5 Å². The van der Waals surface area contributed by atoms with Crippen LogP contribution in [0.5, 0.6) is 0 Å². The van der Waals surface area contributed by atoms with Crippen LogP contribution >= 0.6 is 23.1 Å². The molecular weight excluding hydrogens is 468 g/mol. The van der Waals surface area contributed by atoms with Crippen LogP contribution in [0.2, 0.25) is 0 Å². The molecule has 1 N–H and O–H groups in total. The molecule has 3 aromatic rings. The average Bonchev–Trinajstić information content (AvgIpc) is 3.43. The molecule has 9 heteroatoms. The van der Waals surface area contributed by atoms with Crippen molar-refractivity contribution < 1.29 is 14.4 Å². The summed E-state index contributed by atoms with van der Waals surface area (Å²) in [6.45, 7) is 10.4. The summed E-state index contributed by atoms with van der Waals surface area (Å²) < 4.78 is 1.83. The Morgan fingerprint density at radius 3 is 2.59 bits per heavy atom. The van der Waals surface area contributed by atoms with Crippen molar-refractivity contribution in [1.29, 1.82) is 0 Å². The number of nitrogens with one attached hydrogen (secondary N) is 1. The van der Waals surface area contributed by atoms with Crippen LogP contribution in [-0.2, 0) is 19.8 Å². The number of thioether (sulfide) groups is 1. The van der Waals surface area contributed by atoms with Crippen LogP contribution in [0.3, 0.4) is 0 Å². The maximum absolute atomic E-state index is 13.4. The first-order valence-electron chi connectivity index (χ1n) is 11.3. The molecule has 0 aliphatic carbocycles. The maximum Gasteiger partial charge on any atom is 0.263 e. The smallest absolute Gasteiger partial charge is 0.263 e. The summed E-state index contributed by atoms with van der Waals surface area (Å²) in [5, 5.41) is 7.06. The molecular formula is C25H30N4O3S2. The molecule has 1 aliphatic rings. The van der Waals surface area contributed by atoms with Gasteiger partial charge < -0.3 is 0 Å². The number of amides is 2. The highest BCUT2D eigenvalue weighted by molar-refractivity contribution is 8.00. The van der Waals surface area contributed by atoms with Gasteiger partial charge in [0.25, 0.3) is 5.91 Å². The lowest BCUT2D eigenvalue weighted by Gasteiger charge is -2.24. The predicted octanol–water partition coefficient (Wildman–Crippen LogP) is 4.78. The van der Waals surface area contributed by atoms with E-state index in [1.54, 1.807) is 34.9 Å². The fourth-order valence-corrected chi connectivity index (χ4v) is 6.11. The van der Waals surface area contributed by atoms with Gasteiger partial charge >= 0.3 is 0 Å². The Labute approximate surface area is 208 Å². The number of hydroxylamine groups is 1. The molecule has 1 atom stereocenters. The number of nitrogens with zero attached hydrogens (tertiary/aromatic N) is 3. The number of aryl methyl sites for hydroxylation is 1. The Morgan fingerprint density at radius 2 is 1.97 bits per heavy atom. The first-order chi connectivity index (χ1) is 16.2. The fourth-order valence-electron chi connectivity index (χ4n) is 3.93. The molecule has 7 nitrogen and oxygen atoms in total. The Kier molecular flexibility index (Phi) is 7.16. The minimum Gasteiger partial charge on any atom is -0.286 e. The fraction of sp³-hybridized carbons (Fsp3) is 0.400. The summed E-state index contributed by atoms with van der Waals surface area (Å²) in [4.78, 5) is 33.9. The van der Waals surface area contributed by atoms with Gasteiger partial charge in [0.15, 0.2) is 0 Å². The van der Waals surface area contributed by atoms with Gasteiger partial charge in [0.05, 0.1) is 29.0 Å². The molecule has 1 aromatic carbocycles. The van der Waals surface area contributed by atoms with E-state index in [0.29, 0.717) is 12.4 Å². The van der Waals surface area contributed by atoms with Crippen molar-refractivity contribution in [2.75, 3.05) is 23.8 Å². The van der Waals surface area contributed by atoms with E-state index < -0.39 is 0 Å². The molecule has 2 amide bonds. The average molecular weight is 499 g/mol. The van der Waals surface area contributed by atoms with Gasteiger partial charge in [-0.15, -0.1) is 23.1 Å². The third kappa shape index (κ3) is 4.92. The van der Waals surface area contributed by atoms with Crippen molar-refractivity contribution >= 4 is 40.7 Å². The third-order valence-electron chi connectivity index (χ3n) is 5.51. The number of carbonyl (C=O) groups excluding carboxylic acids is 2. The van der Waals surface area contributed by atoms with Crippen LogP contribution in [0.15, 0.2) is 41.8 Å². The van der Waals surface area contributed by atoms with Crippen LogP contribution in [0.4, 0.5) is 5.82 Å². The van der Waals surface area contributed by atoms with Crippen LogP contribution in [0.1, 0.15) is 54.6 Å². The predicted molar refractivity (Wildman–Crippen MR) is 138 cm³/mol. The zero-order valence-corrected chi connectivity index (χ0v) is 21.8. The second kappa shape index (κ2) is 9.93. The van der Waals surface area contributed by atoms with Gasteiger partial charge in [-0.25, -0.2) is 10.2 Å². The van der Waals surface area contributed by atoms with Crippen molar-refractivity contribution in [2.45, 2.75) is 45.3 Å². The van der Waals surface area contributed by atoms with Crippen molar-refractivity contribution in [1.82, 2.24) is 15.3 Å². The molecule has 0 fully saturated rings. The summed E-state index contributed by atoms with van der Waals surface area (Å²) in [6, 6.07) is 12.2. The van der Waals surface area contributed by atoms with Gasteiger partial charge in [0.1, 0.15) is 12.4 Å². The van der Waals surface area contributed by atoms with Crippen molar-refractivity contribution in [3.63, 3.8) is 0 Å². The maximum atomic E-state index is 13.4. The van der Waals surface area contributed by atoms with E-state index in [0.717, 1.165) is 27.4 Å². The van der Waals surface area contributed by atoms with Gasteiger partial charge in [0, 0.05) is 15.9 Å². The highest BCUT2D eigenvalue weighted by atomic mass is 32.2. The van der Waals surface area contributed by atoms with Crippen LogP contribution in [0, 0.1) is 6.92 Å². The molecule has 0 bridgehead atoms.